The molecule has 0 saturated carbocycles. The number of piperidine rings is 1. The molecule has 0 amide bonds. The number of hydrogen-bond acceptors (Lipinski definition) is 10. The van der Waals surface area contributed by atoms with E-state index in [0.29, 0.717) is 39.2 Å². The molecule has 1 aliphatic heterocycles. The van der Waals surface area contributed by atoms with E-state index >= 15 is 0 Å². The quantitative estimate of drug-likeness (QED) is 0.245. The van der Waals surface area contributed by atoms with Crippen molar-refractivity contribution in [2.45, 2.75) is 42.9 Å². The van der Waals surface area contributed by atoms with Crippen molar-refractivity contribution in [1.29, 1.82) is 0 Å². The van der Waals surface area contributed by atoms with E-state index in [1.807, 2.05) is 18.3 Å². The van der Waals surface area contributed by atoms with Crippen LogP contribution in [0.1, 0.15) is 26.7 Å². The minimum absolute atomic E-state index is 0.163. The van der Waals surface area contributed by atoms with E-state index in [-0.39, 0.29) is 4.90 Å². The van der Waals surface area contributed by atoms with E-state index in [1.54, 1.807) is 51.0 Å². The van der Waals surface area contributed by atoms with Crippen LogP contribution < -0.4 is 20.3 Å². The van der Waals surface area contributed by atoms with Crippen LogP contribution in [0.15, 0.2) is 52.1 Å². The molecular weight excluding hydrogens is 620 g/mol. The molecule has 1 aliphatic rings. The molecule has 3 heterocycles. The van der Waals surface area contributed by atoms with Crippen LogP contribution in [0.2, 0.25) is 0 Å². The number of nitrogens with one attached hydrogen (secondary N) is 2. The number of aryl methyl sites for hydroxylation is 1. The summed E-state index contributed by atoms with van der Waals surface area (Å²) in [5.41, 5.74) is 2.84. The second-order valence-corrected chi connectivity index (χ2v) is 14.3. The minimum Gasteiger partial charge on any atom is -0.494 e. The molecule has 13 heteroatoms. The Morgan fingerprint density at radius 2 is 1.83 bits per heavy atom. The zero-order valence-corrected chi connectivity index (χ0v) is 27.1. The highest BCUT2D eigenvalue weighted by Gasteiger charge is 2.25. The van der Waals surface area contributed by atoms with Crippen LogP contribution >= 0.6 is 15.9 Å². The highest BCUT2D eigenvalue weighted by molar-refractivity contribution is 9.10. The molecule has 2 aromatic carbocycles. The summed E-state index contributed by atoms with van der Waals surface area (Å²) in [6.45, 7) is 5.30. The van der Waals surface area contributed by atoms with E-state index < -0.39 is 15.1 Å². The Hall–Kier alpha value is -3.42. The van der Waals surface area contributed by atoms with E-state index in [4.69, 9.17) is 4.74 Å². The molecule has 1 saturated heterocycles. The summed E-state index contributed by atoms with van der Waals surface area (Å²) >= 11 is 3.51. The number of nitrogens with zero attached hydrogens (tertiary/aromatic N) is 6. The van der Waals surface area contributed by atoms with Gasteiger partial charge in [-0.05, 0) is 81.0 Å². The highest BCUT2D eigenvalue weighted by atomic mass is 79.9. The summed E-state index contributed by atoms with van der Waals surface area (Å²) in [5.74, 6) is 1.42. The maximum Gasteiger partial charge on any atom is 0.229 e. The second kappa shape index (κ2) is 12.1. The third-order valence-electron chi connectivity index (χ3n) is 7.64. The lowest BCUT2D eigenvalue weighted by atomic mass is 10.0. The van der Waals surface area contributed by atoms with Gasteiger partial charge >= 0.3 is 0 Å². The van der Waals surface area contributed by atoms with E-state index in [9.17, 15) is 8.42 Å². The predicted octanol–water partition coefficient (Wildman–Crippen LogP) is 5.33. The molecule has 0 bridgehead atoms. The summed E-state index contributed by atoms with van der Waals surface area (Å²) in [5, 5.41) is 11.1. The molecule has 42 heavy (non-hydrogen) atoms. The molecule has 0 aliphatic carbocycles. The predicted molar refractivity (Wildman–Crippen MR) is 171 cm³/mol. The first kappa shape index (κ1) is 30.1. The van der Waals surface area contributed by atoms with Gasteiger partial charge in [-0.15, -0.1) is 0 Å². The van der Waals surface area contributed by atoms with Crippen molar-refractivity contribution in [1.82, 2.24) is 24.6 Å². The van der Waals surface area contributed by atoms with Crippen molar-refractivity contribution < 1.29 is 13.2 Å². The van der Waals surface area contributed by atoms with Crippen LogP contribution in [0, 0.1) is 0 Å². The van der Waals surface area contributed by atoms with Gasteiger partial charge in [-0.3, -0.25) is 4.68 Å². The highest BCUT2D eigenvalue weighted by Crippen LogP contribution is 2.36. The summed E-state index contributed by atoms with van der Waals surface area (Å²) in [6.07, 6.45) is 5.69. The van der Waals surface area contributed by atoms with Crippen molar-refractivity contribution in [3.05, 3.63) is 47.2 Å². The fraction of sp³-hybridized carbons (Fsp3) is 0.414. The van der Waals surface area contributed by atoms with E-state index in [0.717, 1.165) is 42.7 Å². The molecule has 0 atom stereocenters. The van der Waals surface area contributed by atoms with Gasteiger partial charge in [0.1, 0.15) is 11.6 Å². The number of fused-ring (bicyclic) bond motifs is 1. The average molecular weight is 658 g/mol. The van der Waals surface area contributed by atoms with Gasteiger partial charge < -0.3 is 25.2 Å². The normalized spacial score (nSPS) is 14.6. The molecule has 2 aromatic heterocycles. The fourth-order valence-electron chi connectivity index (χ4n) is 5.15. The minimum atomic E-state index is -3.62. The molecule has 0 spiro atoms. The van der Waals surface area contributed by atoms with Gasteiger partial charge in [-0.2, -0.15) is 10.1 Å². The van der Waals surface area contributed by atoms with Crippen LogP contribution in [0.3, 0.4) is 0 Å². The molecular formula is C29H37BrN8O3S. The summed E-state index contributed by atoms with van der Waals surface area (Å²) in [4.78, 5) is 13.9. The molecule has 0 unspecified atom stereocenters. The van der Waals surface area contributed by atoms with Crippen LogP contribution in [0.5, 0.6) is 5.75 Å². The molecule has 0 radical (unpaired) electrons. The number of anilines is 5. The van der Waals surface area contributed by atoms with Crippen LogP contribution in [0.25, 0.3) is 10.9 Å². The van der Waals surface area contributed by atoms with Crippen LogP contribution in [0.4, 0.5) is 28.8 Å². The average Bonchev–Trinajstić information content (AvgIpc) is 3.33. The maximum atomic E-state index is 13.3. The van der Waals surface area contributed by atoms with Gasteiger partial charge in [0, 0.05) is 55.7 Å². The molecule has 224 valence electrons. The summed E-state index contributed by atoms with van der Waals surface area (Å²) in [7, 11) is 4.10. The van der Waals surface area contributed by atoms with Crippen molar-refractivity contribution in [2.24, 2.45) is 7.05 Å². The Morgan fingerprint density at radius 3 is 2.50 bits per heavy atom. The fourth-order valence-corrected chi connectivity index (χ4v) is 6.64. The molecule has 4 aromatic rings. The Bertz CT molecular complexity index is 1700. The number of aromatic nitrogens is 4. The number of halogens is 1. The third kappa shape index (κ3) is 6.18. The van der Waals surface area contributed by atoms with Crippen molar-refractivity contribution in [3.8, 4) is 5.75 Å². The van der Waals surface area contributed by atoms with Gasteiger partial charge in [-0.1, -0.05) is 0 Å². The lowest BCUT2D eigenvalue weighted by molar-refractivity contribution is 0.249. The largest absolute Gasteiger partial charge is 0.494 e. The van der Waals surface area contributed by atoms with E-state index in [2.05, 4.69) is 71.6 Å². The molecule has 11 nitrogen and oxygen atoms in total. The number of benzene rings is 2. The number of ether oxygens (including phenoxy) is 1. The number of methoxy groups -OCH3 is 1. The van der Waals surface area contributed by atoms with Gasteiger partial charge in [-0.25, -0.2) is 13.4 Å². The third-order valence-corrected chi connectivity index (χ3v) is 10.4. The Balaban J connectivity index is 1.42. The van der Waals surface area contributed by atoms with Gasteiger partial charge in [0.25, 0.3) is 0 Å². The Kier molecular flexibility index (Phi) is 8.63. The number of rotatable bonds is 9. The SMILES string of the molecule is COc1cc(N2CCC(N(C)C)CC2)ccc1Nc1ncc(Br)c(Nc2cc3cn(C)nc3cc2S(=O)(=O)C(C)C)n1. The van der Waals surface area contributed by atoms with Crippen molar-refractivity contribution in [2.75, 3.05) is 49.8 Å². The first-order valence-corrected chi connectivity index (χ1v) is 16.2. The van der Waals surface area contributed by atoms with Crippen LogP contribution in [-0.4, -0.2) is 78.7 Å². The number of sulfone groups is 1. The smallest absolute Gasteiger partial charge is 0.229 e. The monoisotopic (exact) mass is 656 g/mol. The Morgan fingerprint density at radius 1 is 1.10 bits per heavy atom. The van der Waals surface area contributed by atoms with Gasteiger partial charge in [0.2, 0.25) is 5.95 Å². The zero-order chi connectivity index (χ0) is 30.2. The zero-order valence-electron chi connectivity index (χ0n) is 24.7. The van der Waals surface area contributed by atoms with Crippen molar-refractivity contribution >= 4 is 65.5 Å². The topological polar surface area (TPSA) is 118 Å². The Labute approximate surface area is 255 Å². The summed E-state index contributed by atoms with van der Waals surface area (Å²) < 4.78 is 34.6. The lowest BCUT2D eigenvalue weighted by Crippen LogP contribution is -2.41. The molecule has 5 rings (SSSR count). The first-order chi connectivity index (χ1) is 20.0. The number of hydrogen-bond donors (Lipinski definition) is 2. The van der Waals surface area contributed by atoms with Gasteiger partial charge in [0.15, 0.2) is 9.84 Å². The van der Waals surface area contributed by atoms with Gasteiger partial charge in [0.05, 0.1) is 38.6 Å². The second-order valence-electron chi connectivity index (χ2n) is 11.0. The summed E-state index contributed by atoms with van der Waals surface area (Å²) in [6, 6.07) is 10.1. The molecule has 1 fully saturated rings. The standard InChI is InChI=1S/C29H37BrN8O3S/c1-18(2)42(39,40)27-15-24-19(17-37(5)35-24)13-25(27)32-28-22(30)16-31-29(34-28)33-23-8-7-21(14-26(23)41-6)38-11-9-20(10-12-38)36(3)4/h7-8,13-18,20H,9-12H2,1-6H3,(H2,31,32,33,34). The maximum absolute atomic E-state index is 13.3. The lowest BCUT2D eigenvalue weighted by Gasteiger charge is -2.36. The molecule has 2 N–H and O–H groups in total. The van der Waals surface area contributed by atoms with E-state index in [1.165, 1.54) is 0 Å². The van der Waals surface area contributed by atoms with Crippen LogP contribution in [-0.2, 0) is 16.9 Å². The first-order valence-electron chi connectivity index (χ1n) is 13.8. The van der Waals surface area contributed by atoms with Crippen molar-refractivity contribution in [3.63, 3.8) is 0 Å².